The van der Waals surface area contributed by atoms with E-state index in [0.717, 1.165) is 18.4 Å². The number of amides is 1. The Balaban J connectivity index is 1.73. The van der Waals surface area contributed by atoms with Crippen LogP contribution >= 0.6 is 0 Å². The molecule has 1 amide bonds. The Hall–Kier alpha value is -1.88. The second kappa shape index (κ2) is 6.52. The molecule has 108 valence electrons. The zero-order chi connectivity index (χ0) is 14.5. The zero-order valence-electron chi connectivity index (χ0n) is 11.6. The van der Waals surface area contributed by atoms with Gasteiger partial charge in [0.05, 0.1) is 5.56 Å². The Morgan fingerprint density at radius 2 is 1.95 bits per heavy atom. The molecule has 0 saturated heterocycles. The summed E-state index contributed by atoms with van der Waals surface area (Å²) in [6.45, 7) is 1.40. The Morgan fingerprint density at radius 1 is 1.30 bits per heavy atom. The second-order valence-electron chi connectivity index (χ2n) is 5.33. The maximum absolute atomic E-state index is 11.6. The molecule has 1 saturated carbocycles. The first kappa shape index (κ1) is 14.5. The Bertz CT molecular complexity index is 480. The third-order valence-electron chi connectivity index (χ3n) is 3.32. The monoisotopic (exact) mass is 276 g/mol. The number of nitrogens with zero attached hydrogens (tertiary/aromatic N) is 1. The zero-order valence-corrected chi connectivity index (χ0v) is 11.6. The lowest BCUT2D eigenvalue weighted by molar-refractivity contribution is -0.121. The second-order valence-corrected chi connectivity index (χ2v) is 5.33. The molecule has 0 atom stereocenters. The fraction of sp³-hybridized carbons (Fsp3) is 0.467. The van der Waals surface area contributed by atoms with Crippen molar-refractivity contribution in [3.8, 4) is 0 Å². The molecule has 2 N–H and O–H groups in total. The van der Waals surface area contributed by atoms with Crippen LogP contribution in [-0.4, -0.2) is 41.5 Å². The topological polar surface area (TPSA) is 69.6 Å². The first-order chi connectivity index (χ1) is 9.54. The molecule has 0 bridgehead atoms. The molecule has 1 aliphatic carbocycles. The van der Waals surface area contributed by atoms with Gasteiger partial charge in [0.1, 0.15) is 0 Å². The molecule has 1 aromatic rings. The van der Waals surface area contributed by atoms with Crippen molar-refractivity contribution in [2.45, 2.75) is 31.8 Å². The van der Waals surface area contributed by atoms with E-state index in [0.29, 0.717) is 31.1 Å². The molecule has 0 unspecified atom stereocenters. The minimum atomic E-state index is -0.915. The van der Waals surface area contributed by atoms with Gasteiger partial charge in [-0.2, -0.15) is 0 Å². The molecule has 5 nitrogen and oxygen atoms in total. The van der Waals surface area contributed by atoms with Crippen molar-refractivity contribution in [2.75, 3.05) is 13.6 Å². The van der Waals surface area contributed by atoms with Crippen LogP contribution in [0.5, 0.6) is 0 Å². The summed E-state index contributed by atoms with van der Waals surface area (Å²) in [5.74, 6) is -0.803. The average Bonchev–Trinajstić information content (AvgIpc) is 3.21. The summed E-state index contributed by atoms with van der Waals surface area (Å²) >= 11 is 0. The van der Waals surface area contributed by atoms with Gasteiger partial charge in [0.25, 0.3) is 0 Å². The largest absolute Gasteiger partial charge is 0.478 e. The highest BCUT2D eigenvalue weighted by Crippen LogP contribution is 2.18. The van der Waals surface area contributed by atoms with Gasteiger partial charge in [0.15, 0.2) is 0 Å². The predicted octanol–water partition coefficient (Wildman–Crippen LogP) is 1.49. The van der Waals surface area contributed by atoms with Crippen molar-refractivity contribution in [1.29, 1.82) is 0 Å². The first-order valence-electron chi connectivity index (χ1n) is 6.85. The quantitative estimate of drug-likeness (QED) is 0.791. The Kier molecular flexibility index (Phi) is 4.74. The van der Waals surface area contributed by atoms with Gasteiger partial charge in [-0.1, -0.05) is 12.1 Å². The fourth-order valence-electron chi connectivity index (χ4n) is 1.96. The van der Waals surface area contributed by atoms with E-state index in [1.165, 1.54) is 0 Å². The van der Waals surface area contributed by atoms with E-state index in [-0.39, 0.29) is 5.91 Å². The normalized spacial score (nSPS) is 14.3. The minimum Gasteiger partial charge on any atom is -0.478 e. The molecule has 2 rings (SSSR count). The molecule has 1 aliphatic rings. The summed E-state index contributed by atoms with van der Waals surface area (Å²) < 4.78 is 0. The van der Waals surface area contributed by atoms with Gasteiger partial charge < -0.3 is 15.3 Å². The lowest BCUT2D eigenvalue weighted by atomic mass is 10.1. The first-order valence-corrected chi connectivity index (χ1v) is 6.85. The number of rotatable bonds is 7. The number of carboxylic acids is 1. The number of carbonyl (C=O) groups excluding carboxylic acids is 1. The van der Waals surface area contributed by atoms with E-state index in [1.54, 1.807) is 12.1 Å². The van der Waals surface area contributed by atoms with Crippen LogP contribution in [-0.2, 0) is 11.3 Å². The number of hydrogen-bond acceptors (Lipinski definition) is 3. The number of carboxylic acid groups (broad SMARTS) is 1. The van der Waals surface area contributed by atoms with Crippen LogP contribution in [0.25, 0.3) is 0 Å². The highest BCUT2D eigenvalue weighted by atomic mass is 16.4. The van der Waals surface area contributed by atoms with E-state index in [2.05, 4.69) is 10.2 Å². The average molecular weight is 276 g/mol. The van der Waals surface area contributed by atoms with E-state index in [1.807, 2.05) is 19.2 Å². The van der Waals surface area contributed by atoms with Gasteiger partial charge >= 0.3 is 5.97 Å². The molecule has 0 spiro atoms. The molecule has 20 heavy (non-hydrogen) atoms. The Labute approximate surface area is 118 Å². The van der Waals surface area contributed by atoms with Crippen LogP contribution in [0.15, 0.2) is 24.3 Å². The molecule has 0 aromatic heterocycles. The highest BCUT2D eigenvalue weighted by Gasteiger charge is 2.22. The number of aromatic carboxylic acids is 1. The van der Waals surface area contributed by atoms with Crippen LogP contribution in [0.2, 0.25) is 0 Å². The molecular weight excluding hydrogens is 256 g/mol. The Morgan fingerprint density at radius 3 is 2.50 bits per heavy atom. The molecule has 0 heterocycles. The summed E-state index contributed by atoms with van der Waals surface area (Å²) in [5, 5.41) is 11.8. The molecule has 0 aliphatic heterocycles. The summed E-state index contributed by atoms with van der Waals surface area (Å²) in [4.78, 5) is 24.4. The van der Waals surface area contributed by atoms with Gasteiger partial charge in [-0.25, -0.2) is 4.79 Å². The molecular formula is C15H20N2O3. The van der Waals surface area contributed by atoms with Crippen LogP contribution in [0.1, 0.15) is 35.2 Å². The third kappa shape index (κ3) is 4.66. The summed E-state index contributed by atoms with van der Waals surface area (Å²) in [6, 6.07) is 7.24. The SMILES string of the molecule is CN(CCC(=O)NC1CC1)Cc1ccc(C(=O)O)cc1. The van der Waals surface area contributed by atoms with E-state index in [9.17, 15) is 9.59 Å². The van der Waals surface area contributed by atoms with Crippen LogP contribution in [0.3, 0.4) is 0 Å². The maximum Gasteiger partial charge on any atom is 0.335 e. The number of carbonyl (C=O) groups is 2. The molecule has 5 heteroatoms. The molecule has 1 aromatic carbocycles. The van der Waals surface area contributed by atoms with Gasteiger partial charge in [-0.15, -0.1) is 0 Å². The summed E-state index contributed by atoms with van der Waals surface area (Å²) in [5.41, 5.74) is 1.33. The summed E-state index contributed by atoms with van der Waals surface area (Å²) in [6.07, 6.45) is 2.72. The third-order valence-corrected chi connectivity index (χ3v) is 3.32. The number of benzene rings is 1. The standard InChI is InChI=1S/C15H20N2O3/c1-17(9-8-14(18)16-13-6-7-13)10-11-2-4-12(5-3-11)15(19)20/h2-5,13H,6-10H2,1H3,(H,16,18)(H,19,20). The van der Waals surface area contributed by atoms with Crippen LogP contribution < -0.4 is 5.32 Å². The van der Waals surface area contributed by atoms with E-state index in [4.69, 9.17) is 5.11 Å². The van der Waals surface area contributed by atoms with E-state index < -0.39 is 5.97 Å². The van der Waals surface area contributed by atoms with Gasteiger partial charge in [-0.3, -0.25) is 4.79 Å². The minimum absolute atomic E-state index is 0.112. The van der Waals surface area contributed by atoms with Crippen molar-refractivity contribution in [2.24, 2.45) is 0 Å². The lowest BCUT2D eigenvalue weighted by Gasteiger charge is -2.16. The number of nitrogens with one attached hydrogen (secondary N) is 1. The van der Waals surface area contributed by atoms with Gasteiger partial charge in [0, 0.05) is 25.6 Å². The predicted molar refractivity (Wildman–Crippen MR) is 75.5 cm³/mol. The smallest absolute Gasteiger partial charge is 0.335 e. The van der Waals surface area contributed by atoms with Crippen molar-refractivity contribution in [3.05, 3.63) is 35.4 Å². The van der Waals surface area contributed by atoms with Gasteiger partial charge in [-0.05, 0) is 37.6 Å². The van der Waals surface area contributed by atoms with Crippen LogP contribution in [0.4, 0.5) is 0 Å². The number of hydrogen-bond donors (Lipinski definition) is 2. The highest BCUT2D eigenvalue weighted by molar-refractivity contribution is 5.87. The van der Waals surface area contributed by atoms with Gasteiger partial charge in [0.2, 0.25) is 5.91 Å². The van der Waals surface area contributed by atoms with Crippen LogP contribution in [0, 0.1) is 0 Å². The van der Waals surface area contributed by atoms with Crippen molar-refractivity contribution in [1.82, 2.24) is 10.2 Å². The van der Waals surface area contributed by atoms with Crippen molar-refractivity contribution in [3.63, 3.8) is 0 Å². The molecule has 0 radical (unpaired) electrons. The fourth-order valence-corrected chi connectivity index (χ4v) is 1.96. The maximum atomic E-state index is 11.6. The van der Waals surface area contributed by atoms with Crippen molar-refractivity contribution < 1.29 is 14.7 Å². The summed E-state index contributed by atoms with van der Waals surface area (Å²) in [7, 11) is 1.95. The lowest BCUT2D eigenvalue weighted by Crippen LogP contribution is -2.29. The molecule has 1 fully saturated rings. The van der Waals surface area contributed by atoms with E-state index >= 15 is 0 Å². The van der Waals surface area contributed by atoms with Crippen molar-refractivity contribution >= 4 is 11.9 Å².